The molecule has 0 amide bonds. The van der Waals surface area contributed by atoms with Gasteiger partial charge in [0.1, 0.15) is 10.6 Å². The van der Waals surface area contributed by atoms with Crippen LogP contribution in [0, 0.1) is 6.92 Å². The van der Waals surface area contributed by atoms with E-state index in [0.29, 0.717) is 6.04 Å². The molecule has 0 saturated carbocycles. The van der Waals surface area contributed by atoms with Crippen LogP contribution in [0.3, 0.4) is 0 Å². The van der Waals surface area contributed by atoms with E-state index in [2.05, 4.69) is 54.4 Å². The van der Waals surface area contributed by atoms with Crippen LogP contribution >= 0.6 is 11.3 Å². The Labute approximate surface area is 118 Å². The molecule has 0 aliphatic heterocycles. The van der Waals surface area contributed by atoms with E-state index < -0.39 is 0 Å². The maximum atomic E-state index is 4.61. The third-order valence-corrected chi connectivity index (χ3v) is 3.99. The molecule has 2 heterocycles. The molecule has 0 aromatic carbocycles. The van der Waals surface area contributed by atoms with Gasteiger partial charge in [-0.15, -0.1) is 11.3 Å². The largest absolute Gasteiger partial charge is 0.367 e. The summed E-state index contributed by atoms with van der Waals surface area (Å²) in [6.45, 7) is 9.49. The lowest BCUT2D eigenvalue weighted by atomic mass is 10.2. The van der Waals surface area contributed by atoms with Crippen molar-refractivity contribution in [2.75, 3.05) is 17.2 Å². The molecule has 104 valence electrons. The van der Waals surface area contributed by atoms with Crippen molar-refractivity contribution in [1.29, 1.82) is 0 Å². The number of nitrogens with zero attached hydrogens (tertiary/aromatic N) is 2. The van der Waals surface area contributed by atoms with Crippen LogP contribution in [0.25, 0.3) is 10.2 Å². The lowest BCUT2D eigenvalue weighted by molar-refractivity contribution is 0.760. The Bertz CT molecular complexity index is 550. The summed E-state index contributed by atoms with van der Waals surface area (Å²) in [4.78, 5) is 11.5. The third-order valence-electron chi connectivity index (χ3n) is 3.04. The summed E-state index contributed by atoms with van der Waals surface area (Å²) in [6, 6.07) is 2.58. The van der Waals surface area contributed by atoms with Crippen molar-refractivity contribution in [3.63, 3.8) is 0 Å². The molecule has 0 saturated heterocycles. The molecule has 2 aromatic rings. The lowest BCUT2D eigenvalue weighted by Crippen LogP contribution is -2.15. The van der Waals surface area contributed by atoms with E-state index in [1.54, 1.807) is 11.3 Å². The highest BCUT2D eigenvalue weighted by Crippen LogP contribution is 2.30. The van der Waals surface area contributed by atoms with Crippen LogP contribution in [0.1, 0.15) is 38.5 Å². The number of fused-ring (bicyclic) bond motifs is 1. The molecule has 1 atom stereocenters. The van der Waals surface area contributed by atoms with Crippen molar-refractivity contribution in [1.82, 2.24) is 9.97 Å². The number of aromatic nitrogens is 2. The summed E-state index contributed by atoms with van der Waals surface area (Å²) in [6.07, 6.45) is 2.14. The Balaban J connectivity index is 2.39. The minimum atomic E-state index is 0.414. The topological polar surface area (TPSA) is 49.8 Å². The van der Waals surface area contributed by atoms with Crippen LogP contribution in [0.2, 0.25) is 0 Å². The van der Waals surface area contributed by atoms with Gasteiger partial charge in [-0.3, -0.25) is 0 Å². The number of aryl methyl sites for hydroxylation is 1. The first-order valence-corrected chi connectivity index (χ1v) is 7.74. The Morgan fingerprint density at radius 2 is 2.11 bits per heavy atom. The van der Waals surface area contributed by atoms with Gasteiger partial charge in [-0.1, -0.05) is 13.8 Å². The van der Waals surface area contributed by atoms with Gasteiger partial charge in [0.25, 0.3) is 0 Å². The average molecular weight is 278 g/mol. The van der Waals surface area contributed by atoms with E-state index >= 15 is 0 Å². The Morgan fingerprint density at radius 1 is 1.32 bits per heavy atom. The van der Waals surface area contributed by atoms with Gasteiger partial charge < -0.3 is 10.6 Å². The van der Waals surface area contributed by atoms with Gasteiger partial charge in [0.2, 0.25) is 5.95 Å². The van der Waals surface area contributed by atoms with Crippen molar-refractivity contribution in [2.24, 2.45) is 0 Å². The van der Waals surface area contributed by atoms with Crippen molar-refractivity contribution >= 4 is 33.3 Å². The standard InChI is InChI=1S/C14H22N4S/c1-5-7-15-14-17-12(16-9(3)6-2)11-8-10(4)19-13(11)18-14/h8-9H,5-7H2,1-4H3,(H2,15,16,17,18). The highest BCUT2D eigenvalue weighted by molar-refractivity contribution is 7.18. The molecule has 0 aliphatic rings. The Hall–Kier alpha value is -1.36. The maximum absolute atomic E-state index is 4.61. The van der Waals surface area contributed by atoms with E-state index in [1.807, 2.05) is 0 Å². The first-order valence-electron chi connectivity index (χ1n) is 6.92. The number of hydrogen-bond acceptors (Lipinski definition) is 5. The molecular weight excluding hydrogens is 256 g/mol. The zero-order valence-electron chi connectivity index (χ0n) is 12.1. The molecule has 2 aromatic heterocycles. The molecule has 1 unspecified atom stereocenters. The van der Waals surface area contributed by atoms with Crippen molar-refractivity contribution in [2.45, 2.75) is 46.6 Å². The second-order valence-electron chi connectivity index (χ2n) is 4.85. The van der Waals surface area contributed by atoms with Crippen molar-refractivity contribution in [3.8, 4) is 0 Å². The Kier molecular flexibility index (Phi) is 4.58. The highest BCUT2D eigenvalue weighted by atomic mass is 32.1. The molecule has 0 radical (unpaired) electrons. The minimum Gasteiger partial charge on any atom is -0.367 e. The van der Waals surface area contributed by atoms with Gasteiger partial charge in [-0.25, -0.2) is 4.98 Å². The summed E-state index contributed by atoms with van der Waals surface area (Å²) >= 11 is 1.72. The summed E-state index contributed by atoms with van der Waals surface area (Å²) < 4.78 is 0. The van der Waals surface area contributed by atoms with Crippen LogP contribution in [-0.2, 0) is 0 Å². The van der Waals surface area contributed by atoms with Crippen LogP contribution in [0.5, 0.6) is 0 Å². The van der Waals surface area contributed by atoms with Crippen LogP contribution in [0.15, 0.2) is 6.07 Å². The van der Waals surface area contributed by atoms with E-state index in [4.69, 9.17) is 0 Å². The molecule has 0 aliphatic carbocycles. The van der Waals surface area contributed by atoms with Crippen LogP contribution in [-0.4, -0.2) is 22.6 Å². The first-order chi connectivity index (χ1) is 9.13. The van der Waals surface area contributed by atoms with Gasteiger partial charge in [-0.05, 0) is 32.8 Å². The fraction of sp³-hybridized carbons (Fsp3) is 0.571. The molecule has 4 nitrogen and oxygen atoms in total. The monoisotopic (exact) mass is 278 g/mol. The molecule has 5 heteroatoms. The van der Waals surface area contributed by atoms with E-state index in [0.717, 1.165) is 41.4 Å². The smallest absolute Gasteiger partial charge is 0.226 e. The van der Waals surface area contributed by atoms with Gasteiger partial charge in [-0.2, -0.15) is 4.98 Å². The fourth-order valence-corrected chi connectivity index (χ4v) is 2.68. The lowest BCUT2D eigenvalue weighted by Gasteiger charge is -2.14. The average Bonchev–Trinajstić information content (AvgIpc) is 2.76. The number of thiophene rings is 1. The SMILES string of the molecule is CCCNc1nc(NC(C)CC)c2cc(C)sc2n1. The summed E-state index contributed by atoms with van der Waals surface area (Å²) in [7, 11) is 0. The minimum absolute atomic E-state index is 0.414. The molecular formula is C14H22N4S. The zero-order chi connectivity index (χ0) is 13.8. The van der Waals surface area contributed by atoms with Crippen LogP contribution in [0.4, 0.5) is 11.8 Å². The quantitative estimate of drug-likeness (QED) is 0.837. The van der Waals surface area contributed by atoms with E-state index in [1.165, 1.54) is 4.88 Å². The molecule has 0 bridgehead atoms. The van der Waals surface area contributed by atoms with E-state index in [-0.39, 0.29) is 0 Å². The predicted molar refractivity (Wildman–Crippen MR) is 84.3 cm³/mol. The fourth-order valence-electron chi connectivity index (χ4n) is 1.80. The summed E-state index contributed by atoms with van der Waals surface area (Å²) in [5.74, 6) is 1.67. The molecule has 2 N–H and O–H groups in total. The predicted octanol–water partition coefficient (Wildman–Crippen LogP) is 4.03. The second-order valence-corrected chi connectivity index (χ2v) is 6.09. The summed E-state index contributed by atoms with van der Waals surface area (Å²) in [5, 5.41) is 7.88. The number of anilines is 2. The molecule has 2 rings (SSSR count). The number of rotatable bonds is 6. The summed E-state index contributed by atoms with van der Waals surface area (Å²) in [5.41, 5.74) is 0. The van der Waals surface area contributed by atoms with Gasteiger partial charge in [0.05, 0.1) is 5.39 Å². The molecule has 19 heavy (non-hydrogen) atoms. The van der Waals surface area contributed by atoms with Gasteiger partial charge in [0, 0.05) is 17.5 Å². The zero-order valence-corrected chi connectivity index (χ0v) is 12.9. The highest BCUT2D eigenvalue weighted by Gasteiger charge is 2.11. The Morgan fingerprint density at radius 3 is 2.79 bits per heavy atom. The van der Waals surface area contributed by atoms with Gasteiger partial charge >= 0.3 is 0 Å². The number of hydrogen-bond donors (Lipinski definition) is 2. The van der Waals surface area contributed by atoms with Crippen molar-refractivity contribution in [3.05, 3.63) is 10.9 Å². The molecule has 0 fully saturated rings. The third kappa shape index (κ3) is 3.35. The van der Waals surface area contributed by atoms with Crippen molar-refractivity contribution < 1.29 is 0 Å². The first kappa shape index (κ1) is 14.1. The second kappa shape index (κ2) is 6.19. The number of nitrogens with one attached hydrogen (secondary N) is 2. The van der Waals surface area contributed by atoms with E-state index in [9.17, 15) is 0 Å². The van der Waals surface area contributed by atoms with Gasteiger partial charge in [0.15, 0.2) is 0 Å². The van der Waals surface area contributed by atoms with Crippen LogP contribution < -0.4 is 10.6 Å². The molecule has 0 spiro atoms. The maximum Gasteiger partial charge on any atom is 0.226 e. The normalized spacial score (nSPS) is 12.6.